The molecular weight excluding hydrogens is 315 g/mol. The summed E-state index contributed by atoms with van der Waals surface area (Å²) in [7, 11) is -4.58. The van der Waals surface area contributed by atoms with E-state index in [0.29, 0.717) is 23.4 Å². The molecule has 0 spiro atoms. The Morgan fingerprint density at radius 3 is 2.86 bits per heavy atom. The van der Waals surface area contributed by atoms with Crippen LogP contribution in [-0.4, -0.2) is 44.6 Å². The van der Waals surface area contributed by atoms with Crippen molar-refractivity contribution >= 4 is 25.8 Å². The highest BCUT2D eigenvalue weighted by atomic mass is 32.2. The van der Waals surface area contributed by atoms with Crippen LogP contribution in [0.4, 0.5) is 0 Å². The summed E-state index contributed by atoms with van der Waals surface area (Å²) >= 11 is 1.73. The second-order valence-corrected chi connectivity index (χ2v) is 6.50. The van der Waals surface area contributed by atoms with Crippen LogP contribution >= 0.6 is 19.6 Å². The van der Waals surface area contributed by atoms with Crippen LogP contribution < -0.4 is 0 Å². The molecule has 0 aliphatic carbocycles. The van der Waals surface area contributed by atoms with Gasteiger partial charge < -0.3 is 14.9 Å². The number of aliphatic imine (C=N–C) groups is 1. The Kier molecular flexibility index (Phi) is 7.34. The molecule has 0 radical (unpaired) electrons. The lowest BCUT2D eigenvalue weighted by molar-refractivity contribution is 0.188. The van der Waals surface area contributed by atoms with Crippen LogP contribution in [0.25, 0.3) is 0 Å². The van der Waals surface area contributed by atoms with Crippen LogP contribution in [-0.2, 0) is 15.7 Å². The Balaban J connectivity index is 2.87. The summed E-state index contributed by atoms with van der Waals surface area (Å²) in [6.07, 6.45) is 5.83. The summed E-state index contributed by atoms with van der Waals surface area (Å²) in [5.74, 6) is 0.933. The van der Waals surface area contributed by atoms with Crippen LogP contribution in [0.15, 0.2) is 11.2 Å². The molecule has 1 rings (SSSR count). The highest BCUT2D eigenvalue weighted by molar-refractivity contribution is 7.98. The molecular formula is C12H19N2O5PS. The van der Waals surface area contributed by atoms with E-state index in [0.717, 1.165) is 12.2 Å². The number of thioether (sulfide) groups is 1. The van der Waals surface area contributed by atoms with E-state index in [1.165, 1.54) is 12.4 Å². The summed E-state index contributed by atoms with van der Waals surface area (Å²) in [5, 5.41) is 10.0. The number of aryl methyl sites for hydroxylation is 1. The van der Waals surface area contributed by atoms with Crippen molar-refractivity contribution in [1.82, 2.24) is 4.98 Å². The molecule has 1 aromatic heterocycles. The lowest BCUT2D eigenvalue weighted by Gasteiger charge is -2.10. The summed E-state index contributed by atoms with van der Waals surface area (Å²) in [6, 6.07) is 0. The van der Waals surface area contributed by atoms with Crippen molar-refractivity contribution in [2.24, 2.45) is 4.99 Å². The summed E-state index contributed by atoms with van der Waals surface area (Å²) < 4.78 is 15.2. The number of hydrogen-bond acceptors (Lipinski definition) is 6. The third-order valence-electron chi connectivity index (χ3n) is 2.60. The Morgan fingerprint density at radius 1 is 1.52 bits per heavy atom. The Labute approximate surface area is 127 Å². The first kappa shape index (κ1) is 18.1. The molecule has 0 fully saturated rings. The van der Waals surface area contributed by atoms with Gasteiger partial charge in [0.05, 0.1) is 12.3 Å². The van der Waals surface area contributed by atoms with Gasteiger partial charge in [-0.3, -0.25) is 14.5 Å². The monoisotopic (exact) mass is 334 g/mol. The van der Waals surface area contributed by atoms with E-state index < -0.39 is 7.82 Å². The summed E-state index contributed by atoms with van der Waals surface area (Å²) in [5.41, 5.74) is 1.16. The van der Waals surface area contributed by atoms with Gasteiger partial charge in [-0.15, -0.1) is 0 Å². The highest BCUT2D eigenvalue weighted by Gasteiger charge is 2.17. The number of phosphoric ester groups is 1. The van der Waals surface area contributed by atoms with Crippen molar-refractivity contribution in [2.45, 2.75) is 20.0 Å². The maximum Gasteiger partial charge on any atom is 0.469 e. The number of phosphoric acid groups is 1. The second-order valence-electron chi connectivity index (χ2n) is 4.28. The van der Waals surface area contributed by atoms with Gasteiger partial charge in [0.15, 0.2) is 0 Å². The predicted molar refractivity (Wildman–Crippen MR) is 82.9 cm³/mol. The average Bonchev–Trinajstić information content (AvgIpc) is 2.41. The second kappa shape index (κ2) is 8.51. The van der Waals surface area contributed by atoms with Crippen molar-refractivity contribution < 1.29 is 24.0 Å². The quantitative estimate of drug-likeness (QED) is 0.378. The van der Waals surface area contributed by atoms with Crippen LogP contribution in [0.5, 0.6) is 5.75 Å². The van der Waals surface area contributed by atoms with Crippen LogP contribution in [0.2, 0.25) is 0 Å². The first-order valence-corrected chi connectivity index (χ1v) is 9.14. The normalized spacial score (nSPS) is 12.2. The molecule has 0 aliphatic heterocycles. The first-order chi connectivity index (χ1) is 9.85. The fourth-order valence-corrected chi connectivity index (χ4v) is 2.25. The molecule has 0 saturated heterocycles. The zero-order valence-corrected chi connectivity index (χ0v) is 13.6. The van der Waals surface area contributed by atoms with Crippen molar-refractivity contribution in [3.63, 3.8) is 0 Å². The number of aromatic nitrogens is 1. The van der Waals surface area contributed by atoms with Gasteiger partial charge in [-0.1, -0.05) is 0 Å². The van der Waals surface area contributed by atoms with E-state index in [9.17, 15) is 9.67 Å². The van der Waals surface area contributed by atoms with E-state index in [-0.39, 0.29) is 12.4 Å². The topological polar surface area (TPSA) is 112 Å². The first-order valence-electron chi connectivity index (χ1n) is 6.21. The van der Waals surface area contributed by atoms with Crippen LogP contribution in [0, 0.1) is 6.92 Å². The minimum atomic E-state index is -4.58. The molecule has 9 heteroatoms. The van der Waals surface area contributed by atoms with E-state index in [2.05, 4.69) is 14.5 Å². The molecule has 0 unspecified atom stereocenters. The lowest BCUT2D eigenvalue weighted by atomic mass is 10.1. The highest BCUT2D eigenvalue weighted by Crippen LogP contribution is 2.37. The van der Waals surface area contributed by atoms with E-state index in [4.69, 9.17) is 9.79 Å². The number of aromatic hydroxyl groups is 1. The molecule has 1 aromatic rings. The third kappa shape index (κ3) is 6.58. The van der Waals surface area contributed by atoms with Crippen LogP contribution in [0.3, 0.4) is 0 Å². The van der Waals surface area contributed by atoms with Crippen molar-refractivity contribution in [1.29, 1.82) is 0 Å². The van der Waals surface area contributed by atoms with Crippen molar-refractivity contribution in [2.75, 3.05) is 18.6 Å². The summed E-state index contributed by atoms with van der Waals surface area (Å²) in [6.45, 7) is 1.89. The van der Waals surface area contributed by atoms with Gasteiger partial charge in [0.2, 0.25) is 0 Å². The van der Waals surface area contributed by atoms with Crippen molar-refractivity contribution in [3.05, 3.63) is 23.0 Å². The number of rotatable bonds is 8. The van der Waals surface area contributed by atoms with E-state index >= 15 is 0 Å². The number of hydrogen-bond donors (Lipinski definition) is 3. The Bertz CT molecular complexity index is 547. The molecule has 118 valence electrons. The van der Waals surface area contributed by atoms with Gasteiger partial charge in [-0.2, -0.15) is 11.8 Å². The van der Waals surface area contributed by atoms with Gasteiger partial charge in [0.25, 0.3) is 0 Å². The van der Waals surface area contributed by atoms with Gasteiger partial charge in [0.1, 0.15) is 5.75 Å². The minimum Gasteiger partial charge on any atom is -0.505 e. The molecule has 1 heterocycles. The standard InChI is InChI=1S/C12H19N2O5PS/c1-9-12(15)11(7-13-4-3-5-21-2)10(6-14-9)8-19-20(16,17)18/h6-7,15H,3-5,8H2,1-2H3,(H2,16,17,18). The smallest absolute Gasteiger partial charge is 0.469 e. The maximum atomic E-state index is 10.8. The summed E-state index contributed by atoms with van der Waals surface area (Å²) in [4.78, 5) is 25.6. The average molecular weight is 334 g/mol. The maximum absolute atomic E-state index is 10.8. The largest absolute Gasteiger partial charge is 0.505 e. The molecule has 0 atom stereocenters. The zero-order chi connectivity index (χ0) is 15.9. The molecule has 0 amide bonds. The zero-order valence-electron chi connectivity index (χ0n) is 11.9. The van der Waals surface area contributed by atoms with E-state index in [1.807, 2.05) is 6.26 Å². The number of nitrogens with zero attached hydrogens (tertiary/aromatic N) is 2. The Morgan fingerprint density at radius 2 is 2.24 bits per heavy atom. The molecule has 21 heavy (non-hydrogen) atoms. The lowest BCUT2D eigenvalue weighted by Crippen LogP contribution is -2.01. The number of pyridine rings is 1. The van der Waals surface area contributed by atoms with E-state index in [1.54, 1.807) is 18.7 Å². The van der Waals surface area contributed by atoms with Crippen molar-refractivity contribution in [3.8, 4) is 5.75 Å². The minimum absolute atomic E-state index is 0.0598. The van der Waals surface area contributed by atoms with Gasteiger partial charge in [-0.05, 0) is 25.4 Å². The van der Waals surface area contributed by atoms with Crippen LogP contribution in [0.1, 0.15) is 23.2 Å². The fraction of sp³-hybridized carbons (Fsp3) is 0.500. The fourth-order valence-electron chi connectivity index (χ4n) is 1.52. The molecule has 3 N–H and O–H groups in total. The van der Waals surface area contributed by atoms with Gasteiger partial charge in [0, 0.05) is 30.1 Å². The predicted octanol–water partition coefficient (Wildman–Crippen LogP) is 1.88. The van der Waals surface area contributed by atoms with Gasteiger partial charge in [-0.25, -0.2) is 4.57 Å². The molecule has 7 nitrogen and oxygen atoms in total. The molecule has 0 saturated carbocycles. The third-order valence-corrected chi connectivity index (χ3v) is 3.76. The van der Waals surface area contributed by atoms with Gasteiger partial charge >= 0.3 is 7.82 Å². The molecule has 0 aromatic carbocycles. The molecule has 0 bridgehead atoms. The SMILES string of the molecule is CSCCCN=Cc1c(COP(=O)(O)O)cnc(C)c1O. The Hall–Kier alpha value is -0.920. The molecule has 0 aliphatic rings.